The van der Waals surface area contributed by atoms with Crippen LogP contribution < -0.4 is 5.32 Å². The minimum Gasteiger partial charge on any atom is -0.348 e. The van der Waals surface area contributed by atoms with Crippen molar-refractivity contribution >= 4 is 5.91 Å². The van der Waals surface area contributed by atoms with E-state index in [1.807, 2.05) is 14.1 Å². The van der Waals surface area contributed by atoms with Gasteiger partial charge in [-0.25, -0.2) is 0 Å². The first-order chi connectivity index (χ1) is 8.63. The molecular weight excluding hydrogens is 226 g/mol. The summed E-state index contributed by atoms with van der Waals surface area (Å²) in [5.41, 5.74) is 0. The summed E-state index contributed by atoms with van der Waals surface area (Å²) < 4.78 is 0. The molecule has 18 heavy (non-hydrogen) atoms. The lowest BCUT2D eigenvalue weighted by Crippen LogP contribution is -2.46. The Balaban J connectivity index is 2.11. The molecular formula is C14H29N3O. The van der Waals surface area contributed by atoms with Crippen LogP contribution >= 0.6 is 0 Å². The highest BCUT2D eigenvalue weighted by molar-refractivity contribution is 5.77. The molecule has 1 saturated heterocycles. The van der Waals surface area contributed by atoms with E-state index in [4.69, 9.17) is 0 Å². The average molecular weight is 255 g/mol. The van der Waals surface area contributed by atoms with Crippen LogP contribution in [0, 0.1) is 0 Å². The van der Waals surface area contributed by atoms with Gasteiger partial charge in [0.1, 0.15) is 0 Å². The maximum Gasteiger partial charge on any atom is 0.236 e. The maximum absolute atomic E-state index is 11.6. The third kappa shape index (κ3) is 5.83. The summed E-state index contributed by atoms with van der Waals surface area (Å²) in [5, 5.41) is 3.63. The lowest BCUT2D eigenvalue weighted by Gasteiger charge is -2.32. The summed E-state index contributed by atoms with van der Waals surface area (Å²) in [4.78, 5) is 15.6. The van der Waals surface area contributed by atoms with Crippen molar-refractivity contribution in [2.75, 3.05) is 40.3 Å². The van der Waals surface area contributed by atoms with Gasteiger partial charge in [-0.1, -0.05) is 19.8 Å². The minimum atomic E-state index is 0.212. The van der Waals surface area contributed by atoms with E-state index in [1.165, 1.54) is 32.1 Å². The van der Waals surface area contributed by atoms with Crippen LogP contribution in [0.5, 0.6) is 0 Å². The third-order valence-corrected chi connectivity index (χ3v) is 3.66. The summed E-state index contributed by atoms with van der Waals surface area (Å²) in [6.07, 6.45) is 6.24. The van der Waals surface area contributed by atoms with Crippen LogP contribution in [0.3, 0.4) is 0 Å². The molecule has 0 aromatic carbocycles. The van der Waals surface area contributed by atoms with Gasteiger partial charge in [0, 0.05) is 33.2 Å². The van der Waals surface area contributed by atoms with Crippen molar-refractivity contribution in [1.29, 1.82) is 0 Å². The highest BCUT2D eigenvalue weighted by Crippen LogP contribution is 2.10. The fraction of sp³-hybridized carbons (Fsp3) is 0.929. The van der Waals surface area contributed by atoms with Crippen molar-refractivity contribution in [3.05, 3.63) is 0 Å². The normalized spacial score (nSPS) is 17.9. The Kier molecular flexibility index (Phi) is 7.28. The highest BCUT2D eigenvalue weighted by Gasteiger charge is 2.20. The van der Waals surface area contributed by atoms with Gasteiger partial charge in [0.2, 0.25) is 5.91 Å². The van der Waals surface area contributed by atoms with E-state index in [0.717, 1.165) is 19.6 Å². The van der Waals surface area contributed by atoms with Gasteiger partial charge >= 0.3 is 0 Å². The zero-order valence-corrected chi connectivity index (χ0v) is 12.2. The number of piperidine rings is 1. The molecule has 4 heteroatoms. The van der Waals surface area contributed by atoms with Crippen LogP contribution in [0.4, 0.5) is 0 Å². The Labute approximate surface area is 112 Å². The molecule has 1 rings (SSSR count). The molecule has 1 amide bonds. The summed E-state index contributed by atoms with van der Waals surface area (Å²) in [6, 6.07) is 0.660. The van der Waals surface area contributed by atoms with Crippen LogP contribution in [0.15, 0.2) is 0 Å². The second-order valence-corrected chi connectivity index (χ2v) is 5.50. The quantitative estimate of drug-likeness (QED) is 0.697. The summed E-state index contributed by atoms with van der Waals surface area (Å²) in [5.74, 6) is 0.212. The van der Waals surface area contributed by atoms with E-state index in [2.05, 4.69) is 17.1 Å². The van der Waals surface area contributed by atoms with Gasteiger partial charge in [0.15, 0.2) is 0 Å². The predicted octanol–water partition coefficient (Wildman–Crippen LogP) is 1.32. The first-order valence-corrected chi connectivity index (χ1v) is 7.29. The molecule has 1 fully saturated rings. The number of likely N-dealkylation sites (tertiary alicyclic amines) is 1. The zero-order valence-electron chi connectivity index (χ0n) is 12.2. The highest BCUT2D eigenvalue weighted by atomic mass is 16.2. The molecule has 4 nitrogen and oxygen atoms in total. The largest absolute Gasteiger partial charge is 0.348 e. The average Bonchev–Trinajstić information content (AvgIpc) is 2.36. The summed E-state index contributed by atoms with van der Waals surface area (Å²) >= 11 is 0. The molecule has 0 aromatic heterocycles. The third-order valence-electron chi connectivity index (χ3n) is 3.66. The molecule has 0 radical (unpaired) electrons. The van der Waals surface area contributed by atoms with Crippen LogP contribution in [0.1, 0.15) is 39.0 Å². The fourth-order valence-electron chi connectivity index (χ4n) is 2.31. The van der Waals surface area contributed by atoms with Gasteiger partial charge in [-0.3, -0.25) is 9.69 Å². The van der Waals surface area contributed by atoms with Crippen molar-refractivity contribution < 1.29 is 4.79 Å². The summed E-state index contributed by atoms with van der Waals surface area (Å²) in [6.45, 7) is 6.06. The Morgan fingerprint density at radius 2 is 1.94 bits per heavy atom. The van der Waals surface area contributed by atoms with Gasteiger partial charge in [0.05, 0.1) is 6.54 Å². The van der Waals surface area contributed by atoms with Gasteiger partial charge in [-0.05, 0) is 25.8 Å². The second kappa shape index (κ2) is 8.48. The monoisotopic (exact) mass is 255 g/mol. The van der Waals surface area contributed by atoms with Crippen molar-refractivity contribution in [3.63, 3.8) is 0 Å². The number of rotatable bonds is 7. The number of hydrogen-bond donors (Lipinski definition) is 1. The molecule has 0 spiro atoms. The predicted molar refractivity (Wildman–Crippen MR) is 75.7 cm³/mol. The Bertz CT molecular complexity index is 235. The molecule has 1 aliphatic heterocycles. The molecule has 0 unspecified atom stereocenters. The molecule has 106 valence electrons. The van der Waals surface area contributed by atoms with Crippen LogP contribution in [0.2, 0.25) is 0 Å². The molecule has 0 aromatic rings. The second-order valence-electron chi connectivity index (χ2n) is 5.50. The number of amides is 1. The minimum absolute atomic E-state index is 0.212. The van der Waals surface area contributed by atoms with Crippen molar-refractivity contribution in [1.82, 2.24) is 15.1 Å². The van der Waals surface area contributed by atoms with Crippen molar-refractivity contribution in [2.24, 2.45) is 0 Å². The maximum atomic E-state index is 11.6. The molecule has 0 atom stereocenters. The van der Waals surface area contributed by atoms with E-state index in [9.17, 15) is 4.79 Å². The van der Waals surface area contributed by atoms with Gasteiger partial charge < -0.3 is 10.2 Å². The number of nitrogens with zero attached hydrogens (tertiary/aromatic N) is 2. The number of nitrogens with one attached hydrogen (secondary N) is 1. The van der Waals surface area contributed by atoms with E-state index in [0.29, 0.717) is 12.6 Å². The molecule has 0 aliphatic carbocycles. The Hall–Kier alpha value is -0.610. The van der Waals surface area contributed by atoms with Gasteiger partial charge in [0.25, 0.3) is 0 Å². The van der Waals surface area contributed by atoms with Gasteiger partial charge in [-0.15, -0.1) is 0 Å². The van der Waals surface area contributed by atoms with E-state index in [-0.39, 0.29) is 5.91 Å². The van der Waals surface area contributed by atoms with Crippen molar-refractivity contribution in [3.8, 4) is 0 Å². The first-order valence-electron chi connectivity index (χ1n) is 7.29. The van der Waals surface area contributed by atoms with Crippen molar-refractivity contribution in [2.45, 2.75) is 45.1 Å². The van der Waals surface area contributed by atoms with Crippen LogP contribution in [-0.4, -0.2) is 62.0 Å². The van der Waals surface area contributed by atoms with Crippen LogP contribution in [-0.2, 0) is 4.79 Å². The number of unbranched alkanes of at least 4 members (excludes halogenated alkanes) is 2. The van der Waals surface area contributed by atoms with E-state index < -0.39 is 0 Å². The molecule has 0 saturated carbocycles. The smallest absolute Gasteiger partial charge is 0.236 e. The van der Waals surface area contributed by atoms with E-state index in [1.54, 1.807) is 4.90 Å². The molecule has 1 aliphatic rings. The lowest BCUT2D eigenvalue weighted by molar-refractivity contribution is -0.130. The van der Waals surface area contributed by atoms with Crippen LogP contribution in [0.25, 0.3) is 0 Å². The molecule has 1 heterocycles. The SMILES string of the molecule is CCCCCNC1CCN(CC(=O)N(C)C)CC1. The Morgan fingerprint density at radius 1 is 1.28 bits per heavy atom. The Morgan fingerprint density at radius 3 is 2.50 bits per heavy atom. The topological polar surface area (TPSA) is 35.6 Å². The van der Waals surface area contributed by atoms with E-state index >= 15 is 0 Å². The van der Waals surface area contributed by atoms with Gasteiger partial charge in [-0.2, -0.15) is 0 Å². The first kappa shape index (κ1) is 15.4. The summed E-state index contributed by atoms with van der Waals surface area (Å²) in [7, 11) is 3.65. The number of carbonyl (C=O) groups excluding carboxylic acids is 1. The fourth-order valence-corrected chi connectivity index (χ4v) is 2.31. The number of carbonyl (C=O) groups is 1. The standard InChI is InChI=1S/C14H29N3O/c1-4-5-6-9-15-13-7-10-17(11-8-13)12-14(18)16(2)3/h13,15H,4-12H2,1-3H3. The number of likely N-dealkylation sites (N-methyl/N-ethyl adjacent to an activating group) is 1. The number of hydrogen-bond acceptors (Lipinski definition) is 3. The lowest BCUT2D eigenvalue weighted by atomic mass is 10.0. The molecule has 0 bridgehead atoms. The zero-order chi connectivity index (χ0) is 13.4. The molecule has 1 N–H and O–H groups in total.